The van der Waals surface area contributed by atoms with Gasteiger partial charge in [0.15, 0.2) is 0 Å². The molecule has 17 heavy (non-hydrogen) atoms. The minimum Gasteiger partial charge on any atom is -0.393 e. The number of rotatable bonds is 4. The second-order valence-corrected chi connectivity index (χ2v) is 4.40. The van der Waals surface area contributed by atoms with Gasteiger partial charge in [0.05, 0.1) is 11.8 Å². The highest BCUT2D eigenvalue weighted by atomic mass is 16.3. The SMILES string of the molecule is CC(O)CCc1cc(-c2ccccc2)nn1C. The van der Waals surface area contributed by atoms with Crippen molar-refractivity contribution in [3.63, 3.8) is 0 Å². The van der Waals surface area contributed by atoms with E-state index in [0.29, 0.717) is 0 Å². The highest BCUT2D eigenvalue weighted by Gasteiger charge is 2.07. The number of hydrogen-bond donors (Lipinski definition) is 1. The van der Waals surface area contributed by atoms with E-state index in [-0.39, 0.29) is 6.10 Å². The number of benzene rings is 1. The predicted octanol–water partition coefficient (Wildman–Crippen LogP) is 2.40. The first-order chi connectivity index (χ1) is 8.16. The Bertz CT molecular complexity index is 474. The van der Waals surface area contributed by atoms with Gasteiger partial charge in [-0.15, -0.1) is 0 Å². The van der Waals surface area contributed by atoms with Gasteiger partial charge in [-0.3, -0.25) is 4.68 Å². The Morgan fingerprint density at radius 2 is 2.00 bits per heavy atom. The van der Waals surface area contributed by atoms with Gasteiger partial charge in [-0.25, -0.2) is 0 Å². The van der Waals surface area contributed by atoms with E-state index in [0.717, 1.165) is 29.8 Å². The molecule has 90 valence electrons. The zero-order valence-corrected chi connectivity index (χ0v) is 10.3. The molecule has 2 aromatic rings. The Labute approximate surface area is 102 Å². The van der Waals surface area contributed by atoms with E-state index in [4.69, 9.17) is 0 Å². The Hall–Kier alpha value is -1.61. The fraction of sp³-hybridized carbons (Fsp3) is 0.357. The largest absolute Gasteiger partial charge is 0.393 e. The van der Waals surface area contributed by atoms with Crippen LogP contribution >= 0.6 is 0 Å². The van der Waals surface area contributed by atoms with Gasteiger partial charge in [0.25, 0.3) is 0 Å². The van der Waals surface area contributed by atoms with Crippen molar-refractivity contribution < 1.29 is 5.11 Å². The fourth-order valence-corrected chi connectivity index (χ4v) is 1.85. The van der Waals surface area contributed by atoms with Gasteiger partial charge in [-0.1, -0.05) is 30.3 Å². The lowest BCUT2D eigenvalue weighted by molar-refractivity contribution is 0.184. The van der Waals surface area contributed by atoms with Crippen LogP contribution in [0.1, 0.15) is 19.0 Å². The highest BCUT2D eigenvalue weighted by Crippen LogP contribution is 2.19. The van der Waals surface area contributed by atoms with Crippen LogP contribution in [-0.2, 0) is 13.5 Å². The molecular weight excluding hydrogens is 212 g/mol. The molecule has 1 N–H and O–H groups in total. The van der Waals surface area contributed by atoms with Crippen molar-refractivity contribution in [3.8, 4) is 11.3 Å². The molecule has 3 nitrogen and oxygen atoms in total. The Balaban J connectivity index is 2.19. The van der Waals surface area contributed by atoms with Crippen LogP contribution in [-0.4, -0.2) is 21.0 Å². The number of aromatic nitrogens is 2. The number of aliphatic hydroxyl groups excluding tert-OH is 1. The van der Waals surface area contributed by atoms with E-state index < -0.39 is 0 Å². The molecule has 0 saturated carbocycles. The van der Waals surface area contributed by atoms with Crippen LogP contribution in [0.2, 0.25) is 0 Å². The zero-order valence-electron chi connectivity index (χ0n) is 10.3. The maximum absolute atomic E-state index is 9.30. The van der Waals surface area contributed by atoms with Crippen molar-refractivity contribution in [2.45, 2.75) is 25.9 Å². The van der Waals surface area contributed by atoms with Gasteiger partial charge in [-0.05, 0) is 25.8 Å². The molecule has 1 unspecified atom stereocenters. The van der Waals surface area contributed by atoms with E-state index >= 15 is 0 Å². The zero-order chi connectivity index (χ0) is 12.3. The van der Waals surface area contributed by atoms with E-state index in [2.05, 4.69) is 23.3 Å². The third-order valence-electron chi connectivity index (χ3n) is 2.86. The quantitative estimate of drug-likeness (QED) is 0.875. The number of aryl methyl sites for hydroxylation is 2. The third kappa shape index (κ3) is 2.94. The lowest BCUT2D eigenvalue weighted by Crippen LogP contribution is -2.04. The van der Waals surface area contributed by atoms with Crippen LogP contribution in [0.25, 0.3) is 11.3 Å². The smallest absolute Gasteiger partial charge is 0.0925 e. The van der Waals surface area contributed by atoms with Crippen LogP contribution in [0.5, 0.6) is 0 Å². The van der Waals surface area contributed by atoms with Crippen LogP contribution < -0.4 is 0 Å². The van der Waals surface area contributed by atoms with Crippen molar-refractivity contribution in [1.29, 1.82) is 0 Å². The summed E-state index contributed by atoms with van der Waals surface area (Å²) in [6, 6.07) is 12.2. The minimum atomic E-state index is -0.259. The second-order valence-electron chi connectivity index (χ2n) is 4.40. The fourth-order valence-electron chi connectivity index (χ4n) is 1.85. The number of hydrogen-bond acceptors (Lipinski definition) is 2. The molecule has 2 rings (SSSR count). The monoisotopic (exact) mass is 230 g/mol. The van der Waals surface area contributed by atoms with Crippen molar-refractivity contribution in [2.24, 2.45) is 7.05 Å². The maximum atomic E-state index is 9.30. The molecule has 3 heteroatoms. The van der Waals surface area contributed by atoms with Crippen molar-refractivity contribution in [1.82, 2.24) is 9.78 Å². The average Bonchev–Trinajstić information content (AvgIpc) is 2.69. The Kier molecular flexibility index (Phi) is 3.59. The van der Waals surface area contributed by atoms with Crippen LogP contribution in [0.4, 0.5) is 0 Å². The molecule has 1 heterocycles. The topological polar surface area (TPSA) is 38.1 Å². The number of aliphatic hydroxyl groups is 1. The van der Waals surface area contributed by atoms with E-state index in [1.54, 1.807) is 0 Å². The van der Waals surface area contributed by atoms with Crippen LogP contribution in [0.15, 0.2) is 36.4 Å². The van der Waals surface area contributed by atoms with E-state index in [1.807, 2.05) is 36.9 Å². The van der Waals surface area contributed by atoms with Crippen LogP contribution in [0, 0.1) is 0 Å². The molecule has 0 radical (unpaired) electrons. The molecule has 0 saturated heterocycles. The standard InChI is InChI=1S/C14H18N2O/c1-11(17)8-9-13-10-14(15-16(13)2)12-6-4-3-5-7-12/h3-7,10-11,17H,8-9H2,1-2H3. The minimum absolute atomic E-state index is 0.259. The summed E-state index contributed by atoms with van der Waals surface area (Å²) in [5.74, 6) is 0. The summed E-state index contributed by atoms with van der Waals surface area (Å²) in [6.45, 7) is 1.81. The first-order valence-corrected chi connectivity index (χ1v) is 5.93. The van der Waals surface area contributed by atoms with Crippen molar-refractivity contribution in [3.05, 3.63) is 42.1 Å². The first-order valence-electron chi connectivity index (χ1n) is 5.93. The third-order valence-corrected chi connectivity index (χ3v) is 2.86. The molecule has 0 aliphatic heterocycles. The Morgan fingerprint density at radius 1 is 1.29 bits per heavy atom. The van der Waals surface area contributed by atoms with E-state index in [1.165, 1.54) is 0 Å². The summed E-state index contributed by atoms with van der Waals surface area (Å²) in [6.07, 6.45) is 1.37. The molecule has 1 atom stereocenters. The Morgan fingerprint density at radius 3 is 2.65 bits per heavy atom. The van der Waals surface area contributed by atoms with Gasteiger partial charge >= 0.3 is 0 Å². The summed E-state index contributed by atoms with van der Waals surface area (Å²) >= 11 is 0. The maximum Gasteiger partial charge on any atom is 0.0925 e. The molecule has 0 aliphatic carbocycles. The lowest BCUT2D eigenvalue weighted by atomic mass is 10.1. The molecule has 1 aromatic carbocycles. The lowest BCUT2D eigenvalue weighted by Gasteiger charge is -2.03. The second kappa shape index (κ2) is 5.15. The van der Waals surface area contributed by atoms with E-state index in [9.17, 15) is 5.11 Å². The summed E-state index contributed by atoms with van der Waals surface area (Å²) in [7, 11) is 1.95. The van der Waals surface area contributed by atoms with Crippen molar-refractivity contribution >= 4 is 0 Å². The molecular formula is C14H18N2O. The van der Waals surface area contributed by atoms with Crippen LogP contribution in [0.3, 0.4) is 0 Å². The summed E-state index contributed by atoms with van der Waals surface area (Å²) in [4.78, 5) is 0. The normalized spacial score (nSPS) is 12.6. The first kappa shape index (κ1) is 11.9. The van der Waals surface area contributed by atoms with Crippen molar-refractivity contribution in [2.75, 3.05) is 0 Å². The molecule has 0 aliphatic rings. The summed E-state index contributed by atoms with van der Waals surface area (Å²) < 4.78 is 1.89. The summed E-state index contributed by atoms with van der Waals surface area (Å²) in [5, 5.41) is 13.8. The highest BCUT2D eigenvalue weighted by molar-refractivity contribution is 5.59. The van der Waals surface area contributed by atoms with Gasteiger partial charge in [0.1, 0.15) is 0 Å². The van der Waals surface area contributed by atoms with Gasteiger partial charge in [-0.2, -0.15) is 5.10 Å². The number of nitrogens with zero attached hydrogens (tertiary/aromatic N) is 2. The van der Waals surface area contributed by atoms with Gasteiger partial charge in [0.2, 0.25) is 0 Å². The predicted molar refractivity (Wildman–Crippen MR) is 68.6 cm³/mol. The molecule has 0 spiro atoms. The molecule has 0 amide bonds. The van der Waals surface area contributed by atoms with Gasteiger partial charge < -0.3 is 5.11 Å². The molecule has 1 aromatic heterocycles. The average molecular weight is 230 g/mol. The van der Waals surface area contributed by atoms with Gasteiger partial charge in [0, 0.05) is 18.3 Å². The summed E-state index contributed by atoms with van der Waals surface area (Å²) in [5.41, 5.74) is 3.28. The molecule has 0 bridgehead atoms. The molecule has 0 fully saturated rings.